The molecule has 1 aromatic carbocycles. The van der Waals surface area contributed by atoms with Crippen molar-refractivity contribution >= 4 is 18.7 Å². The summed E-state index contributed by atoms with van der Waals surface area (Å²) in [4.78, 5) is 4.78. The molecule has 0 bridgehead atoms. The maximum absolute atomic E-state index is 5.89. The summed E-state index contributed by atoms with van der Waals surface area (Å²) in [7, 11) is 0. The van der Waals surface area contributed by atoms with Crippen molar-refractivity contribution in [3.8, 4) is 11.3 Å². The molecule has 0 aliphatic carbocycles. The van der Waals surface area contributed by atoms with Gasteiger partial charge in [0.15, 0.2) is 0 Å². The first-order chi connectivity index (χ1) is 10.6. The summed E-state index contributed by atoms with van der Waals surface area (Å²) < 4.78 is 0. The van der Waals surface area contributed by atoms with E-state index in [1.54, 1.807) is 6.08 Å². The number of nitrogens with two attached hydrogens (primary N) is 2. The second-order valence-electron chi connectivity index (χ2n) is 5.01. The zero-order valence-corrected chi connectivity index (χ0v) is 12.8. The van der Waals surface area contributed by atoms with Crippen LogP contribution >= 0.6 is 0 Å². The predicted octanol–water partition coefficient (Wildman–Crippen LogP) is 1.90. The molecule has 0 unspecified atom stereocenters. The van der Waals surface area contributed by atoms with Crippen LogP contribution in [0.15, 0.2) is 48.7 Å². The second kappa shape index (κ2) is 6.87. The van der Waals surface area contributed by atoms with Gasteiger partial charge in [-0.3, -0.25) is 0 Å². The van der Waals surface area contributed by atoms with E-state index in [4.69, 9.17) is 16.5 Å². The Kier molecular flexibility index (Phi) is 4.92. The molecule has 0 saturated carbocycles. The van der Waals surface area contributed by atoms with Crippen molar-refractivity contribution in [2.45, 2.75) is 13.5 Å². The van der Waals surface area contributed by atoms with Crippen LogP contribution in [0.3, 0.4) is 0 Å². The summed E-state index contributed by atoms with van der Waals surface area (Å²) in [5, 5.41) is 1.71. The third kappa shape index (κ3) is 3.15. The maximum atomic E-state index is 5.89. The van der Waals surface area contributed by atoms with Crippen molar-refractivity contribution in [1.82, 2.24) is 4.98 Å². The van der Waals surface area contributed by atoms with E-state index in [2.05, 4.69) is 13.2 Å². The Hall–Kier alpha value is -2.65. The standard InChI is InChI=1S/C19H21N3/c1-4-8-18-17(12-20)14(3)16(11-13(2)21)19(22-18)15-9-6-5-7-10-15/h4-11H,2-3,12,20-21H2,1H3/b8-4-,16-11+. The van der Waals surface area contributed by atoms with Crippen LogP contribution in [0.1, 0.15) is 18.2 Å². The highest BCUT2D eigenvalue weighted by molar-refractivity contribution is 5.67. The molecule has 3 heteroatoms. The molecule has 0 saturated heterocycles. The van der Waals surface area contributed by atoms with Crippen molar-refractivity contribution < 1.29 is 0 Å². The number of aromatic nitrogens is 1. The average molecular weight is 291 g/mol. The minimum Gasteiger partial charge on any atom is -0.399 e. The van der Waals surface area contributed by atoms with Crippen LogP contribution in [0.4, 0.5) is 0 Å². The molecule has 0 aliphatic heterocycles. The Balaban J connectivity index is 2.92. The van der Waals surface area contributed by atoms with E-state index in [9.17, 15) is 0 Å². The molecule has 2 rings (SSSR count). The van der Waals surface area contributed by atoms with Gasteiger partial charge in [0.25, 0.3) is 0 Å². The van der Waals surface area contributed by atoms with E-state index in [0.29, 0.717) is 12.2 Å². The van der Waals surface area contributed by atoms with Crippen LogP contribution in [-0.2, 0) is 6.54 Å². The Morgan fingerprint density at radius 1 is 1.27 bits per heavy atom. The summed E-state index contributed by atoms with van der Waals surface area (Å²) in [6.45, 7) is 10.3. The molecule has 4 N–H and O–H groups in total. The van der Waals surface area contributed by atoms with Crippen LogP contribution in [0.25, 0.3) is 30.0 Å². The molecule has 0 aliphatic rings. The number of nitrogens with zero attached hydrogens (tertiary/aromatic N) is 1. The van der Waals surface area contributed by atoms with Gasteiger partial charge in [-0.1, -0.05) is 49.6 Å². The van der Waals surface area contributed by atoms with Crippen LogP contribution in [0, 0.1) is 0 Å². The Morgan fingerprint density at radius 3 is 2.50 bits per heavy atom. The van der Waals surface area contributed by atoms with Crippen molar-refractivity contribution in [1.29, 1.82) is 0 Å². The van der Waals surface area contributed by atoms with Crippen LogP contribution in [0.5, 0.6) is 0 Å². The summed E-state index contributed by atoms with van der Waals surface area (Å²) in [6.07, 6.45) is 5.70. The molecule has 1 aromatic heterocycles. The van der Waals surface area contributed by atoms with Crippen molar-refractivity contribution in [2.24, 2.45) is 11.5 Å². The third-order valence-corrected chi connectivity index (χ3v) is 3.39. The number of rotatable bonds is 4. The largest absolute Gasteiger partial charge is 0.399 e. The molecular formula is C19H21N3. The molecule has 2 aromatic rings. The average Bonchev–Trinajstić information content (AvgIpc) is 2.51. The molecule has 0 radical (unpaired) electrons. The fourth-order valence-corrected chi connectivity index (χ4v) is 2.39. The highest BCUT2D eigenvalue weighted by Gasteiger charge is 2.09. The zero-order valence-electron chi connectivity index (χ0n) is 12.8. The Labute approximate surface area is 131 Å². The van der Waals surface area contributed by atoms with E-state index >= 15 is 0 Å². The molecule has 22 heavy (non-hydrogen) atoms. The number of allylic oxidation sites excluding steroid dienone is 2. The topological polar surface area (TPSA) is 64.9 Å². The Morgan fingerprint density at radius 2 is 1.95 bits per heavy atom. The molecule has 3 nitrogen and oxygen atoms in total. The second-order valence-corrected chi connectivity index (χ2v) is 5.01. The van der Waals surface area contributed by atoms with Gasteiger partial charge in [0.2, 0.25) is 0 Å². The molecule has 112 valence electrons. The van der Waals surface area contributed by atoms with E-state index in [1.165, 1.54) is 0 Å². The number of benzene rings is 1. The fraction of sp³-hybridized carbons (Fsp3) is 0.105. The first-order valence-electron chi connectivity index (χ1n) is 7.14. The Bertz CT molecular complexity index is 818. The van der Waals surface area contributed by atoms with Crippen LogP contribution < -0.4 is 21.9 Å². The molecule has 0 atom stereocenters. The lowest BCUT2D eigenvalue weighted by molar-refractivity contribution is 1.02. The van der Waals surface area contributed by atoms with Crippen LogP contribution in [0.2, 0.25) is 0 Å². The number of hydrogen-bond acceptors (Lipinski definition) is 3. The van der Waals surface area contributed by atoms with Gasteiger partial charge in [0.1, 0.15) is 0 Å². The highest BCUT2D eigenvalue weighted by Crippen LogP contribution is 2.14. The lowest BCUT2D eigenvalue weighted by Crippen LogP contribution is -2.33. The minimum absolute atomic E-state index is 0.373. The quantitative estimate of drug-likeness (QED) is 0.904. The zero-order chi connectivity index (χ0) is 16.1. The van der Waals surface area contributed by atoms with E-state index in [1.807, 2.05) is 49.4 Å². The summed E-state index contributed by atoms with van der Waals surface area (Å²) in [5.74, 6) is 0. The van der Waals surface area contributed by atoms with Gasteiger partial charge in [-0.05, 0) is 29.9 Å². The van der Waals surface area contributed by atoms with Gasteiger partial charge in [0.05, 0.1) is 11.4 Å². The molecular weight excluding hydrogens is 270 g/mol. The fourth-order valence-electron chi connectivity index (χ4n) is 2.39. The van der Waals surface area contributed by atoms with Crippen molar-refractivity contribution in [2.75, 3.05) is 0 Å². The normalized spacial score (nSPS) is 12.0. The smallest absolute Gasteiger partial charge is 0.0788 e. The predicted molar refractivity (Wildman–Crippen MR) is 94.8 cm³/mol. The van der Waals surface area contributed by atoms with Gasteiger partial charge in [-0.25, -0.2) is 4.98 Å². The SMILES string of the molecule is C=C(N)/C=c1/c(-c2ccccc2)nc(/C=C\C)c(CN)c1=C. The van der Waals surface area contributed by atoms with Gasteiger partial charge in [0, 0.05) is 23.0 Å². The van der Waals surface area contributed by atoms with E-state index in [0.717, 1.165) is 33.0 Å². The lowest BCUT2D eigenvalue weighted by atomic mass is 10.0. The summed E-state index contributed by atoms with van der Waals surface area (Å²) in [5.41, 5.74) is 15.7. The molecule has 0 spiro atoms. The first kappa shape index (κ1) is 15.7. The summed E-state index contributed by atoms with van der Waals surface area (Å²) >= 11 is 0. The van der Waals surface area contributed by atoms with Gasteiger partial charge in [-0.15, -0.1) is 0 Å². The molecule has 0 fully saturated rings. The number of pyridine rings is 1. The summed E-state index contributed by atoms with van der Waals surface area (Å²) in [6, 6.07) is 9.96. The van der Waals surface area contributed by atoms with Gasteiger partial charge in [-0.2, -0.15) is 0 Å². The highest BCUT2D eigenvalue weighted by atomic mass is 14.7. The van der Waals surface area contributed by atoms with Crippen molar-refractivity contribution in [3.05, 3.63) is 70.4 Å². The van der Waals surface area contributed by atoms with Gasteiger partial charge >= 0.3 is 0 Å². The van der Waals surface area contributed by atoms with Gasteiger partial charge < -0.3 is 11.5 Å². The maximum Gasteiger partial charge on any atom is 0.0788 e. The van der Waals surface area contributed by atoms with E-state index in [-0.39, 0.29) is 0 Å². The lowest BCUT2D eigenvalue weighted by Gasteiger charge is -2.10. The van der Waals surface area contributed by atoms with Crippen molar-refractivity contribution in [3.63, 3.8) is 0 Å². The molecule has 0 amide bonds. The van der Waals surface area contributed by atoms with E-state index < -0.39 is 0 Å². The third-order valence-electron chi connectivity index (χ3n) is 3.39. The minimum atomic E-state index is 0.373. The number of hydrogen-bond donors (Lipinski definition) is 2. The monoisotopic (exact) mass is 291 g/mol. The first-order valence-corrected chi connectivity index (χ1v) is 7.14. The molecule has 1 heterocycles. The van der Waals surface area contributed by atoms with Crippen LogP contribution in [-0.4, -0.2) is 4.98 Å².